The number of terminal acetylenes is 1. The van der Waals surface area contributed by atoms with Gasteiger partial charge in [-0.3, -0.25) is 0 Å². The lowest BCUT2D eigenvalue weighted by Gasteiger charge is -2.21. The molecule has 0 radical (unpaired) electrons. The van der Waals surface area contributed by atoms with E-state index in [-0.39, 0.29) is 19.4 Å². The fourth-order valence-electron chi connectivity index (χ4n) is 2.40. The number of hydrogen-bond donors (Lipinski definition) is 1. The van der Waals surface area contributed by atoms with Gasteiger partial charge in [0, 0.05) is 18.3 Å². The Bertz CT molecular complexity index is 778. The molecular formula is C19H18N2O3. The summed E-state index contributed by atoms with van der Waals surface area (Å²) in [5, 5.41) is 2.84. The topological polar surface area (TPSA) is 50.8 Å². The number of urea groups is 1. The molecule has 1 N–H and O–H groups in total. The number of carbonyl (C=O) groups is 1. The third-order valence-electron chi connectivity index (χ3n) is 3.69. The number of benzene rings is 2. The molecule has 0 unspecified atom stereocenters. The summed E-state index contributed by atoms with van der Waals surface area (Å²) in [6, 6.07) is 13.0. The first-order valence-corrected chi connectivity index (χ1v) is 7.60. The summed E-state index contributed by atoms with van der Waals surface area (Å²) in [4.78, 5) is 14.1. The van der Waals surface area contributed by atoms with Crippen LogP contribution in [0.5, 0.6) is 11.5 Å². The summed E-state index contributed by atoms with van der Waals surface area (Å²) in [5.41, 5.74) is 2.83. The standard InChI is InChI=1S/C19H18N2O3/c1-3-10-21(12-15-6-4-14(2)5-7-15)19(22)20-16-8-9-17-18(11-16)24-13-23-17/h1,4-9,11H,10,12-13H2,2H3,(H,20,22). The van der Waals surface area contributed by atoms with E-state index in [1.165, 1.54) is 5.56 Å². The van der Waals surface area contributed by atoms with E-state index in [2.05, 4.69) is 11.2 Å². The van der Waals surface area contributed by atoms with E-state index in [9.17, 15) is 4.79 Å². The molecule has 5 heteroatoms. The fourth-order valence-corrected chi connectivity index (χ4v) is 2.40. The molecule has 0 aliphatic carbocycles. The molecule has 0 atom stereocenters. The fraction of sp³-hybridized carbons (Fsp3) is 0.211. The van der Waals surface area contributed by atoms with Crippen LogP contribution in [0.4, 0.5) is 10.5 Å². The number of amides is 2. The number of rotatable bonds is 4. The van der Waals surface area contributed by atoms with Gasteiger partial charge in [-0.1, -0.05) is 35.7 Å². The Kier molecular flexibility index (Phi) is 4.57. The van der Waals surface area contributed by atoms with Crippen LogP contribution in [-0.2, 0) is 6.54 Å². The van der Waals surface area contributed by atoms with E-state index in [1.807, 2.05) is 31.2 Å². The minimum absolute atomic E-state index is 0.198. The largest absolute Gasteiger partial charge is 0.454 e. The second kappa shape index (κ2) is 6.97. The molecule has 24 heavy (non-hydrogen) atoms. The monoisotopic (exact) mass is 322 g/mol. The van der Waals surface area contributed by atoms with Gasteiger partial charge in [-0.05, 0) is 24.6 Å². The number of aryl methyl sites for hydroxylation is 1. The summed E-state index contributed by atoms with van der Waals surface area (Å²) in [6.07, 6.45) is 5.40. The zero-order chi connectivity index (χ0) is 16.9. The number of hydrogen-bond acceptors (Lipinski definition) is 3. The highest BCUT2D eigenvalue weighted by Crippen LogP contribution is 2.34. The van der Waals surface area contributed by atoms with Gasteiger partial charge in [-0.15, -0.1) is 6.42 Å². The van der Waals surface area contributed by atoms with Gasteiger partial charge in [0.05, 0.1) is 6.54 Å². The van der Waals surface area contributed by atoms with Gasteiger partial charge < -0.3 is 19.7 Å². The minimum Gasteiger partial charge on any atom is -0.454 e. The minimum atomic E-state index is -0.257. The Labute approximate surface area is 141 Å². The smallest absolute Gasteiger partial charge is 0.322 e. The maximum Gasteiger partial charge on any atom is 0.322 e. The lowest BCUT2D eigenvalue weighted by Crippen LogP contribution is -2.34. The summed E-state index contributed by atoms with van der Waals surface area (Å²) in [5.74, 6) is 3.82. The van der Waals surface area contributed by atoms with Crippen molar-refractivity contribution in [2.24, 2.45) is 0 Å². The van der Waals surface area contributed by atoms with Gasteiger partial charge in [0.25, 0.3) is 0 Å². The summed E-state index contributed by atoms with van der Waals surface area (Å²) < 4.78 is 10.6. The van der Waals surface area contributed by atoms with Crippen molar-refractivity contribution >= 4 is 11.7 Å². The zero-order valence-electron chi connectivity index (χ0n) is 13.4. The van der Waals surface area contributed by atoms with Crippen LogP contribution < -0.4 is 14.8 Å². The summed E-state index contributed by atoms with van der Waals surface area (Å²) in [7, 11) is 0. The molecule has 0 spiro atoms. The Morgan fingerprint density at radius 1 is 1.21 bits per heavy atom. The number of anilines is 1. The number of carbonyl (C=O) groups excluding carboxylic acids is 1. The molecule has 0 saturated heterocycles. The molecule has 1 aliphatic heterocycles. The van der Waals surface area contributed by atoms with Crippen LogP contribution in [0.1, 0.15) is 11.1 Å². The van der Waals surface area contributed by atoms with E-state index in [0.717, 1.165) is 5.56 Å². The molecule has 3 rings (SSSR count). The van der Waals surface area contributed by atoms with E-state index >= 15 is 0 Å². The van der Waals surface area contributed by atoms with Gasteiger partial charge in [0.15, 0.2) is 11.5 Å². The predicted octanol–water partition coefficient (Wildman–Crippen LogP) is 3.39. The number of fused-ring (bicyclic) bond motifs is 1. The van der Waals surface area contributed by atoms with Crippen molar-refractivity contribution in [3.63, 3.8) is 0 Å². The SMILES string of the molecule is C#CCN(Cc1ccc(C)cc1)C(=O)Nc1ccc2c(c1)OCO2. The van der Waals surface area contributed by atoms with Gasteiger partial charge in [-0.2, -0.15) is 0 Å². The summed E-state index contributed by atoms with van der Waals surface area (Å²) >= 11 is 0. The van der Waals surface area contributed by atoms with Crippen molar-refractivity contribution in [2.45, 2.75) is 13.5 Å². The summed E-state index contributed by atoms with van der Waals surface area (Å²) in [6.45, 7) is 2.89. The predicted molar refractivity (Wildman–Crippen MR) is 92.0 cm³/mol. The first kappa shape index (κ1) is 15.8. The van der Waals surface area contributed by atoms with Crippen molar-refractivity contribution in [3.05, 3.63) is 53.6 Å². The van der Waals surface area contributed by atoms with Gasteiger partial charge in [0.2, 0.25) is 6.79 Å². The van der Waals surface area contributed by atoms with Gasteiger partial charge in [0.1, 0.15) is 0 Å². The molecule has 0 aromatic heterocycles. The molecule has 1 aliphatic rings. The highest BCUT2D eigenvalue weighted by molar-refractivity contribution is 5.90. The van der Waals surface area contributed by atoms with Crippen LogP contribution in [0, 0.1) is 19.3 Å². The van der Waals surface area contributed by atoms with Gasteiger partial charge >= 0.3 is 6.03 Å². The van der Waals surface area contributed by atoms with E-state index in [4.69, 9.17) is 15.9 Å². The maximum atomic E-state index is 12.5. The Morgan fingerprint density at radius 3 is 2.71 bits per heavy atom. The Morgan fingerprint density at radius 2 is 1.96 bits per heavy atom. The second-order valence-electron chi connectivity index (χ2n) is 5.54. The first-order chi connectivity index (χ1) is 11.7. The lowest BCUT2D eigenvalue weighted by molar-refractivity contribution is 0.174. The molecule has 0 saturated carbocycles. The molecule has 5 nitrogen and oxygen atoms in total. The average molecular weight is 322 g/mol. The van der Waals surface area contributed by atoms with Crippen LogP contribution >= 0.6 is 0 Å². The third kappa shape index (κ3) is 3.61. The first-order valence-electron chi connectivity index (χ1n) is 7.60. The number of nitrogens with one attached hydrogen (secondary N) is 1. The van der Waals surface area contributed by atoms with Crippen LogP contribution in [0.3, 0.4) is 0 Å². The number of ether oxygens (including phenoxy) is 2. The van der Waals surface area contributed by atoms with Gasteiger partial charge in [-0.25, -0.2) is 4.79 Å². The van der Waals surface area contributed by atoms with E-state index < -0.39 is 0 Å². The van der Waals surface area contributed by atoms with Crippen molar-refractivity contribution in [1.29, 1.82) is 0 Å². The molecule has 2 aromatic rings. The van der Waals surface area contributed by atoms with Crippen molar-refractivity contribution in [2.75, 3.05) is 18.7 Å². The van der Waals surface area contributed by atoms with Crippen molar-refractivity contribution in [3.8, 4) is 23.8 Å². The molecule has 1 heterocycles. The molecule has 2 amide bonds. The van der Waals surface area contributed by atoms with Crippen LogP contribution in [0.15, 0.2) is 42.5 Å². The maximum absolute atomic E-state index is 12.5. The quantitative estimate of drug-likeness (QED) is 0.878. The highest BCUT2D eigenvalue weighted by Gasteiger charge is 2.17. The molecule has 2 aromatic carbocycles. The zero-order valence-corrected chi connectivity index (χ0v) is 13.4. The van der Waals surface area contributed by atoms with Crippen molar-refractivity contribution < 1.29 is 14.3 Å². The molecule has 122 valence electrons. The lowest BCUT2D eigenvalue weighted by atomic mass is 10.1. The highest BCUT2D eigenvalue weighted by atomic mass is 16.7. The Balaban J connectivity index is 1.70. The third-order valence-corrected chi connectivity index (χ3v) is 3.69. The average Bonchev–Trinajstić information content (AvgIpc) is 3.04. The van der Waals surface area contributed by atoms with Crippen molar-refractivity contribution in [1.82, 2.24) is 4.90 Å². The normalized spacial score (nSPS) is 11.7. The number of nitrogens with zero attached hydrogens (tertiary/aromatic N) is 1. The van der Waals surface area contributed by atoms with Crippen LogP contribution in [0.2, 0.25) is 0 Å². The second-order valence-corrected chi connectivity index (χ2v) is 5.54. The van der Waals surface area contributed by atoms with E-state index in [1.54, 1.807) is 23.1 Å². The van der Waals surface area contributed by atoms with Crippen LogP contribution in [0.25, 0.3) is 0 Å². The molecule has 0 fully saturated rings. The van der Waals surface area contributed by atoms with Crippen LogP contribution in [-0.4, -0.2) is 24.3 Å². The Hall–Kier alpha value is -3.13. The molecular weight excluding hydrogens is 304 g/mol. The van der Waals surface area contributed by atoms with E-state index in [0.29, 0.717) is 23.7 Å². The molecule has 0 bridgehead atoms.